The molecule has 1 heterocycles. The Bertz CT molecular complexity index is 621. The molecule has 6 heteroatoms. The van der Waals surface area contributed by atoms with Gasteiger partial charge >= 0.3 is 0 Å². The van der Waals surface area contributed by atoms with Gasteiger partial charge in [-0.3, -0.25) is 4.79 Å². The summed E-state index contributed by atoms with van der Waals surface area (Å²) in [6.45, 7) is 2.42. The van der Waals surface area contributed by atoms with E-state index in [0.717, 1.165) is 18.2 Å². The van der Waals surface area contributed by atoms with Crippen molar-refractivity contribution >= 4 is 0 Å². The van der Waals surface area contributed by atoms with Gasteiger partial charge in [-0.25, -0.2) is 13.8 Å². The fourth-order valence-electron chi connectivity index (χ4n) is 1.62. The van der Waals surface area contributed by atoms with Gasteiger partial charge in [0.1, 0.15) is 24.1 Å². The lowest BCUT2D eigenvalue weighted by atomic mass is 10.1. The number of ether oxygens (including phenoxy) is 1. The van der Waals surface area contributed by atoms with Crippen molar-refractivity contribution in [2.24, 2.45) is 0 Å². The van der Waals surface area contributed by atoms with Gasteiger partial charge in [-0.05, 0) is 19.1 Å². The zero-order valence-electron chi connectivity index (χ0n) is 10.2. The predicted octanol–water partition coefficient (Wildman–Crippen LogP) is 2.25. The number of H-pyrrole nitrogens is 1. The first-order valence-electron chi connectivity index (χ1n) is 5.73. The van der Waals surface area contributed by atoms with Crippen molar-refractivity contribution < 1.29 is 13.5 Å². The topological polar surface area (TPSA) is 55.0 Å². The summed E-state index contributed by atoms with van der Waals surface area (Å²) in [4.78, 5) is 18.1. The summed E-state index contributed by atoms with van der Waals surface area (Å²) in [5.41, 5.74) is 0.0163. The summed E-state index contributed by atoms with van der Waals surface area (Å²) >= 11 is 0. The Morgan fingerprint density at radius 3 is 2.53 bits per heavy atom. The highest BCUT2D eigenvalue weighted by Crippen LogP contribution is 2.18. The number of rotatable bonds is 4. The van der Waals surface area contributed by atoms with Crippen molar-refractivity contribution in [2.75, 3.05) is 6.61 Å². The smallest absolute Gasteiger partial charge is 0.251 e. The van der Waals surface area contributed by atoms with Crippen LogP contribution in [-0.4, -0.2) is 16.6 Å². The molecule has 100 valence electrons. The molecule has 0 aliphatic carbocycles. The fraction of sp³-hybridized carbons (Fsp3) is 0.231. The summed E-state index contributed by atoms with van der Waals surface area (Å²) in [5.74, 6) is -1.12. The molecule has 0 amide bonds. The lowest BCUT2D eigenvalue weighted by molar-refractivity contribution is 0.128. The van der Waals surface area contributed by atoms with Crippen LogP contribution < -0.4 is 5.56 Å². The highest BCUT2D eigenvalue weighted by molar-refractivity contribution is 5.58. The van der Waals surface area contributed by atoms with Crippen LogP contribution in [-0.2, 0) is 11.3 Å². The maximum atomic E-state index is 13.1. The molecule has 0 saturated carbocycles. The van der Waals surface area contributed by atoms with Crippen molar-refractivity contribution in [2.45, 2.75) is 13.5 Å². The summed E-state index contributed by atoms with van der Waals surface area (Å²) in [5, 5.41) is 0. The highest BCUT2D eigenvalue weighted by Gasteiger charge is 2.07. The van der Waals surface area contributed by atoms with Crippen LogP contribution in [0.3, 0.4) is 0 Å². The third-order valence-corrected chi connectivity index (χ3v) is 2.39. The molecular formula is C13H12F2N2O2. The molecule has 2 aromatic rings. The Balaban J connectivity index is 2.43. The number of nitrogens with zero attached hydrogens (tertiary/aromatic N) is 1. The quantitative estimate of drug-likeness (QED) is 0.923. The van der Waals surface area contributed by atoms with E-state index in [-0.39, 0.29) is 17.9 Å². The number of benzene rings is 1. The highest BCUT2D eigenvalue weighted by atomic mass is 19.1. The molecule has 0 unspecified atom stereocenters. The Morgan fingerprint density at radius 2 is 1.89 bits per heavy atom. The molecule has 0 radical (unpaired) electrons. The summed E-state index contributed by atoms with van der Waals surface area (Å²) in [6, 6.07) is 4.19. The minimum atomic E-state index is -0.719. The Kier molecular flexibility index (Phi) is 4.01. The molecule has 1 N–H and O–H groups in total. The van der Waals surface area contributed by atoms with Gasteiger partial charge in [0.15, 0.2) is 0 Å². The van der Waals surface area contributed by atoms with Crippen molar-refractivity contribution in [1.82, 2.24) is 9.97 Å². The predicted molar refractivity (Wildman–Crippen MR) is 65.5 cm³/mol. The molecule has 0 fully saturated rings. The lowest BCUT2D eigenvalue weighted by Crippen LogP contribution is -2.12. The molecule has 0 aliphatic heterocycles. The first-order chi connectivity index (χ1) is 9.08. The SMILES string of the molecule is CCOCc1nc(-c2cc(F)cc(F)c2)cc(=O)[nH]1. The number of hydrogen-bond acceptors (Lipinski definition) is 3. The molecule has 0 spiro atoms. The normalized spacial score (nSPS) is 10.7. The van der Waals surface area contributed by atoms with Gasteiger partial charge in [-0.1, -0.05) is 0 Å². The molecule has 0 atom stereocenters. The maximum Gasteiger partial charge on any atom is 0.251 e. The first-order valence-corrected chi connectivity index (χ1v) is 5.73. The van der Waals surface area contributed by atoms with Crippen LogP contribution in [0.4, 0.5) is 8.78 Å². The standard InChI is InChI=1S/C13H12F2N2O2/c1-2-19-7-12-16-11(6-13(18)17-12)8-3-9(14)5-10(15)4-8/h3-6H,2,7H2,1H3,(H,16,17,18). The second kappa shape index (κ2) is 5.71. The average molecular weight is 266 g/mol. The van der Waals surface area contributed by atoms with Crippen molar-refractivity contribution in [3.8, 4) is 11.3 Å². The Hall–Kier alpha value is -2.08. The molecule has 0 saturated heterocycles. The minimum absolute atomic E-state index is 0.136. The van der Waals surface area contributed by atoms with Gasteiger partial charge in [0.25, 0.3) is 5.56 Å². The molecule has 4 nitrogen and oxygen atoms in total. The van der Waals surface area contributed by atoms with Crippen LogP contribution in [0.2, 0.25) is 0 Å². The monoisotopic (exact) mass is 266 g/mol. The molecule has 0 bridgehead atoms. The Labute approximate surface area is 108 Å². The fourth-order valence-corrected chi connectivity index (χ4v) is 1.62. The molecule has 1 aromatic heterocycles. The van der Waals surface area contributed by atoms with Crippen LogP contribution >= 0.6 is 0 Å². The molecule has 0 aliphatic rings. The van der Waals surface area contributed by atoms with Crippen LogP contribution in [0.15, 0.2) is 29.1 Å². The van der Waals surface area contributed by atoms with E-state index in [1.807, 2.05) is 6.92 Å². The van der Waals surface area contributed by atoms with Crippen molar-refractivity contribution in [1.29, 1.82) is 0 Å². The number of aromatic nitrogens is 2. The van der Waals surface area contributed by atoms with Crippen molar-refractivity contribution in [3.63, 3.8) is 0 Å². The van der Waals surface area contributed by atoms with E-state index in [9.17, 15) is 13.6 Å². The molecule has 19 heavy (non-hydrogen) atoms. The number of aromatic amines is 1. The van der Waals surface area contributed by atoms with E-state index in [2.05, 4.69) is 9.97 Å². The van der Waals surface area contributed by atoms with E-state index in [0.29, 0.717) is 12.4 Å². The average Bonchev–Trinajstić information content (AvgIpc) is 2.34. The van der Waals surface area contributed by atoms with Gasteiger partial charge in [0.2, 0.25) is 0 Å². The molecule has 2 rings (SSSR count). The second-order valence-electron chi connectivity index (χ2n) is 3.87. The van der Waals surface area contributed by atoms with E-state index in [1.165, 1.54) is 6.07 Å². The van der Waals surface area contributed by atoms with Gasteiger partial charge < -0.3 is 9.72 Å². The molecular weight excluding hydrogens is 254 g/mol. The van der Waals surface area contributed by atoms with Crippen LogP contribution in [0.5, 0.6) is 0 Å². The van der Waals surface area contributed by atoms with Gasteiger partial charge in [0.05, 0.1) is 5.69 Å². The molecule has 1 aromatic carbocycles. The Morgan fingerprint density at radius 1 is 1.21 bits per heavy atom. The summed E-state index contributed by atoms with van der Waals surface area (Å²) < 4.78 is 31.4. The van der Waals surface area contributed by atoms with E-state index in [4.69, 9.17) is 4.74 Å². The zero-order valence-corrected chi connectivity index (χ0v) is 10.2. The van der Waals surface area contributed by atoms with Crippen LogP contribution in [0.1, 0.15) is 12.7 Å². The third kappa shape index (κ3) is 3.45. The van der Waals surface area contributed by atoms with Crippen LogP contribution in [0, 0.1) is 11.6 Å². The second-order valence-corrected chi connectivity index (χ2v) is 3.87. The van der Waals surface area contributed by atoms with Crippen LogP contribution in [0.25, 0.3) is 11.3 Å². The van der Waals surface area contributed by atoms with Gasteiger partial charge in [0, 0.05) is 24.3 Å². The first kappa shape index (κ1) is 13.4. The number of hydrogen-bond donors (Lipinski definition) is 1. The zero-order chi connectivity index (χ0) is 13.8. The van der Waals surface area contributed by atoms with Gasteiger partial charge in [-0.2, -0.15) is 0 Å². The maximum absolute atomic E-state index is 13.1. The van der Waals surface area contributed by atoms with Crippen molar-refractivity contribution in [3.05, 3.63) is 52.1 Å². The third-order valence-electron chi connectivity index (χ3n) is 2.39. The largest absolute Gasteiger partial charge is 0.374 e. The lowest BCUT2D eigenvalue weighted by Gasteiger charge is -2.05. The van der Waals surface area contributed by atoms with E-state index >= 15 is 0 Å². The van der Waals surface area contributed by atoms with E-state index in [1.54, 1.807) is 0 Å². The van der Waals surface area contributed by atoms with E-state index < -0.39 is 17.2 Å². The van der Waals surface area contributed by atoms with Gasteiger partial charge in [-0.15, -0.1) is 0 Å². The summed E-state index contributed by atoms with van der Waals surface area (Å²) in [6.07, 6.45) is 0. The number of nitrogens with one attached hydrogen (secondary N) is 1. The summed E-state index contributed by atoms with van der Waals surface area (Å²) in [7, 11) is 0. The minimum Gasteiger partial charge on any atom is -0.374 e. The number of halogens is 2.